The summed E-state index contributed by atoms with van der Waals surface area (Å²) in [5.41, 5.74) is 0.818. The number of amides is 1. The Hall–Kier alpha value is -2.28. The summed E-state index contributed by atoms with van der Waals surface area (Å²) in [6, 6.07) is 6.06. The molecule has 4 rings (SSSR count). The first-order valence-corrected chi connectivity index (χ1v) is 9.13. The lowest BCUT2D eigenvalue weighted by molar-refractivity contribution is -0.135. The molecule has 0 N–H and O–H groups in total. The summed E-state index contributed by atoms with van der Waals surface area (Å²) in [4.78, 5) is 18.7. The molecule has 2 heterocycles. The molecule has 2 aromatic rings. The van der Waals surface area contributed by atoms with Crippen LogP contribution in [0.2, 0.25) is 0 Å². The number of aromatic nitrogens is 2. The van der Waals surface area contributed by atoms with E-state index in [4.69, 9.17) is 9.26 Å². The van der Waals surface area contributed by atoms with Gasteiger partial charge >= 0.3 is 0 Å². The van der Waals surface area contributed by atoms with Crippen molar-refractivity contribution < 1.29 is 18.4 Å². The highest BCUT2D eigenvalue weighted by atomic mass is 19.1. The van der Waals surface area contributed by atoms with Crippen molar-refractivity contribution in [3.63, 3.8) is 0 Å². The Balaban J connectivity index is 1.27. The highest BCUT2D eigenvalue weighted by Crippen LogP contribution is 2.38. The third-order valence-electron chi connectivity index (χ3n) is 4.87. The topological polar surface area (TPSA) is 68.5 Å². The molecule has 138 valence electrons. The number of benzene rings is 1. The van der Waals surface area contributed by atoms with Crippen LogP contribution in [0, 0.1) is 5.82 Å². The van der Waals surface area contributed by atoms with Gasteiger partial charge in [-0.25, -0.2) is 4.39 Å². The molecular formula is C19H22FN3O3. The van der Waals surface area contributed by atoms with Gasteiger partial charge < -0.3 is 14.2 Å². The molecule has 2 aliphatic rings. The lowest BCUT2D eigenvalue weighted by atomic mass is 10.1. The highest BCUT2D eigenvalue weighted by Gasteiger charge is 2.29. The quantitative estimate of drug-likeness (QED) is 0.793. The van der Waals surface area contributed by atoms with Crippen molar-refractivity contribution in [2.24, 2.45) is 0 Å². The number of hydrogen-bond acceptors (Lipinski definition) is 5. The predicted molar refractivity (Wildman–Crippen MR) is 90.8 cm³/mol. The van der Waals surface area contributed by atoms with E-state index in [-0.39, 0.29) is 30.9 Å². The van der Waals surface area contributed by atoms with Crippen LogP contribution in [0.3, 0.4) is 0 Å². The van der Waals surface area contributed by atoms with E-state index in [1.807, 2.05) is 4.90 Å². The van der Waals surface area contributed by atoms with Gasteiger partial charge in [0.2, 0.25) is 5.91 Å². The molecule has 1 atom stereocenters. The van der Waals surface area contributed by atoms with Gasteiger partial charge in [-0.2, -0.15) is 4.98 Å². The van der Waals surface area contributed by atoms with Gasteiger partial charge in [0, 0.05) is 19.0 Å². The standard InChI is InChI=1S/C19H22FN3O3/c20-15-7-3-13(4-8-15)10-18(24)23-9-1-2-16(11-23)25-12-17-21-19(22-26-17)14-5-6-14/h3-4,7-8,14,16H,1-2,5-6,9-12H2/t16-/m0/s1. The van der Waals surface area contributed by atoms with Gasteiger partial charge in [-0.15, -0.1) is 0 Å². The number of nitrogens with zero attached hydrogens (tertiary/aromatic N) is 3. The summed E-state index contributed by atoms with van der Waals surface area (Å²) in [6.07, 6.45) is 4.32. The first kappa shape index (κ1) is 17.1. The van der Waals surface area contributed by atoms with Crippen molar-refractivity contribution in [3.05, 3.63) is 47.4 Å². The maximum atomic E-state index is 13.0. The molecule has 0 spiro atoms. The summed E-state index contributed by atoms with van der Waals surface area (Å²) in [5.74, 6) is 1.49. The molecule has 1 aliphatic heterocycles. The van der Waals surface area contributed by atoms with Crippen molar-refractivity contribution >= 4 is 5.91 Å². The molecule has 0 radical (unpaired) electrons. The second-order valence-electron chi connectivity index (χ2n) is 7.04. The van der Waals surface area contributed by atoms with Crippen molar-refractivity contribution in [2.45, 2.75) is 50.7 Å². The van der Waals surface area contributed by atoms with E-state index in [2.05, 4.69) is 10.1 Å². The maximum absolute atomic E-state index is 13.0. The van der Waals surface area contributed by atoms with Crippen LogP contribution in [0.5, 0.6) is 0 Å². The van der Waals surface area contributed by atoms with Gasteiger partial charge in [0.05, 0.1) is 12.5 Å². The SMILES string of the molecule is O=C(Cc1ccc(F)cc1)N1CCC[C@H](OCc2nc(C3CC3)no2)C1. The molecule has 0 unspecified atom stereocenters. The lowest BCUT2D eigenvalue weighted by Gasteiger charge is -2.32. The number of carbonyl (C=O) groups excluding carboxylic acids is 1. The molecular weight excluding hydrogens is 337 g/mol. The van der Waals surface area contributed by atoms with E-state index in [0.29, 0.717) is 18.4 Å². The van der Waals surface area contributed by atoms with E-state index >= 15 is 0 Å². The summed E-state index contributed by atoms with van der Waals surface area (Å²) in [7, 11) is 0. The maximum Gasteiger partial charge on any atom is 0.252 e. The fourth-order valence-electron chi connectivity index (χ4n) is 3.21. The van der Waals surface area contributed by atoms with Crippen LogP contribution in [0.25, 0.3) is 0 Å². The molecule has 1 aliphatic carbocycles. The summed E-state index contributed by atoms with van der Waals surface area (Å²) < 4.78 is 24.1. The molecule has 1 saturated carbocycles. The fourth-order valence-corrected chi connectivity index (χ4v) is 3.21. The monoisotopic (exact) mass is 359 g/mol. The zero-order valence-electron chi connectivity index (χ0n) is 14.6. The molecule has 1 aromatic carbocycles. The van der Waals surface area contributed by atoms with Gasteiger partial charge in [0.15, 0.2) is 5.82 Å². The zero-order chi connectivity index (χ0) is 17.9. The van der Waals surface area contributed by atoms with Crippen molar-refractivity contribution in [3.8, 4) is 0 Å². The number of ether oxygens (including phenoxy) is 1. The average Bonchev–Trinajstić information content (AvgIpc) is 3.40. The Morgan fingerprint density at radius 3 is 2.85 bits per heavy atom. The number of rotatable bonds is 6. The van der Waals surface area contributed by atoms with E-state index in [0.717, 1.165) is 43.6 Å². The number of likely N-dealkylation sites (tertiary alicyclic amines) is 1. The second kappa shape index (κ2) is 7.53. The predicted octanol–water partition coefficient (Wildman–Crippen LogP) is 2.84. The fraction of sp³-hybridized carbons (Fsp3) is 0.526. The minimum Gasteiger partial charge on any atom is -0.367 e. The van der Waals surface area contributed by atoms with Gasteiger partial charge in [0.25, 0.3) is 5.89 Å². The molecule has 7 heteroatoms. The minimum absolute atomic E-state index is 0.0304. The third-order valence-corrected chi connectivity index (χ3v) is 4.87. The number of halogens is 1. The van der Waals surface area contributed by atoms with E-state index in [1.54, 1.807) is 12.1 Å². The normalized spacial score (nSPS) is 20.3. The highest BCUT2D eigenvalue weighted by molar-refractivity contribution is 5.78. The summed E-state index contributed by atoms with van der Waals surface area (Å²) >= 11 is 0. The van der Waals surface area contributed by atoms with E-state index < -0.39 is 0 Å². The smallest absolute Gasteiger partial charge is 0.252 e. The largest absolute Gasteiger partial charge is 0.367 e. The number of hydrogen-bond donors (Lipinski definition) is 0. The van der Waals surface area contributed by atoms with Crippen molar-refractivity contribution in [1.82, 2.24) is 15.0 Å². The van der Waals surface area contributed by atoms with Crippen molar-refractivity contribution in [1.29, 1.82) is 0 Å². The van der Waals surface area contributed by atoms with Crippen LogP contribution in [-0.4, -0.2) is 40.1 Å². The molecule has 6 nitrogen and oxygen atoms in total. The van der Waals surface area contributed by atoms with Crippen LogP contribution in [-0.2, 0) is 22.6 Å². The minimum atomic E-state index is -0.293. The molecule has 1 amide bonds. The molecule has 1 aromatic heterocycles. The summed E-state index contributed by atoms with van der Waals surface area (Å²) in [6.45, 7) is 1.57. The van der Waals surface area contributed by atoms with Gasteiger partial charge in [-0.1, -0.05) is 17.3 Å². The Bertz CT molecular complexity index is 758. The second-order valence-corrected chi connectivity index (χ2v) is 7.04. The Morgan fingerprint density at radius 2 is 2.08 bits per heavy atom. The van der Waals surface area contributed by atoms with Crippen LogP contribution < -0.4 is 0 Å². The molecule has 0 bridgehead atoms. The van der Waals surface area contributed by atoms with Crippen LogP contribution in [0.4, 0.5) is 4.39 Å². The van der Waals surface area contributed by atoms with Crippen LogP contribution >= 0.6 is 0 Å². The molecule has 26 heavy (non-hydrogen) atoms. The van der Waals surface area contributed by atoms with Gasteiger partial charge in [-0.3, -0.25) is 4.79 Å². The lowest BCUT2D eigenvalue weighted by Crippen LogP contribution is -2.43. The summed E-state index contributed by atoms with van der Waals surface area (Å²) in [5, 5.41) is 3.98. The van der Waals surface area contributed by atoms with Gasteiger partial charge in [-0.05, 0) is 43.4 Å². The van der Waals surface area contributed by atoms with Crippen LogP contribution in [0.15, 0.2) is 28.8 Å². The first-order chi connectivity index (χ1) is 12.7. The van der Waals surface area contributed by atoms with Crippen LogP contribution in [0.1, 0.15) is 48.9 Å². The van der Waals surface area contributed by atoms with Crippen molar-refractivity contribution in [2.75, 3.05) is 13.1 Å². The number of piperidine rings is 1. The zero-order valence-corrected chi connectivity index (χ0v) is 14.6. The van der Waals surface area contributed by atoms with E-state index in [1.165, 1.54) is 12.1 Å². The van der Waals surface area contributed by atoms with Gasteiger partial charge in [0.1, 0.15) is 12.4 Å². The third kappa shape index (κ3) is 4.27. The Labute approximate surface area is 151 Å². The number of carbonyl (C=O) groups is 1. The van der Waals surface area contributed by atoms with E-state index in [9.17, 15) is 9.18 Å². The average molecular weight is 359 g/mol. The Kier molecular flexibility index (Phi) is 4.97. The molecule has 2 fully saturated rings. The Morgan fingerprint density at radius 1 is 1.27 bits per heavy atom. The molecule has 1 saturated heterocycles. The first-order valence-electron chi connectivity index (χ1n) is 9.13.